The zero-order valence-electron chi connectivity index (χ0n) is 24.3. The quantitative estimate of drug-likeness (QED) is 0.0582. The number of benzene rings is 3. The molecule has 0 saturated heterocycles. The van der Waals surface area contributed by atoms with Crippen LogP contribution in [-0.2, 0) is 34.5 Å². The zero-order valence-corrected chi connectivity index (χ0v) is 27.5. The number of phenolic OH excluding ortho intramolecular Hbond substituents is 1. The molecule has 0 aliphatic heterocycles. The highest BCUT2D eigenvalue weighted by molar-refractivity contribution is 7.94. The molecule has 1 aromatic heterocycles. The zero-order chi connectivity index (χ0) is 34.6. The van der Waals surface area contributed by atoms with Gasteiger partial charge >= 0.3 is 0 Å². The van der Waals surface area contributed by atoms with Crippen LogP contribution in [0.1, 0.15) is 5.56 Å². The number of fused-ring (bicyclic) bond motifs is 1. The Morgan fingerprint density at radius 3 is 2.28 bits per heavy atom. The van der Waals surface area contributed by atoms with Gasteiger partial charge in [-0.15, -0.1) is 5.11 Å². The van der Waals surface area contributed by atoms with Crippen molar-refractivity contribution >= 4 is 81.1 Å². The molecule has 4 N–H and O–H groups in total. The monoisotopic (exact) mass is 723 g/mol. The van der Waals surface area contributed by atoms with Crippen molar-refractivity contribution in [3.8, 4) is 5.75 Å². The van der Waals surface area contributed by atoms with Gasteiger partial charge in [0.15, 0.2) is 25.4 Å². The van der Waals surface area contributed by atoms with Gasteiger partial charge in [0.1, 0.15) is 17.3 Å². The number of ether oxygens (including phenoxy) is 1. The molecule has 3 aromatic carbocycles. The minimum atomic E-state index is -4.93. The average Bonchev–Trinajstić information content (AvgIpc) is 2.99. The first-order chi connectivity index (χ1) is 22.0. The third kappa shape index (κ3) is 8.84. The Morgan fingerprint density at radius 2 is 1.64 bits per heavy atom. The van der Waals surface area contributed by atoms with Crippen LogP contribution in [-0.4, -0.2) is 69.0 Å². The van der Waals surface area contributed by atoms with E-state index in [-0.39, 0.29) is 63.3 Å². The number of aromatic hydroxyl groups is 1. The molecule has 0 aliphatic carbocycles. The molecule has 0 spiro atoms. The molecule has 16 nitrogen and oxygen atoms in total. The Hall–Kier alpha value is -4.53. The Labute approximate surface area is 274 Å². The number of hydrogen-bond donors (Lipinski definition) is 4. The number of halogens is 1. The highest BCUT2D eigenvalue weighted by atomic mass is 35.5. The minimum absolute atomic E-state index is 0.0437. The standard InChI is InChI=1S/C27H26ClN7O9S3/c1-4-45(37,38)11-10-44-15-29-26-31-25(28)32-27(33-26)30-20-13-16(3)12-17-14-21(47(41,42)43)23(24(36)22(17)20)35-34-18-6-8-19(9-7-18)46(39,40)5-2/h4-9,12-14,36H,1-2,10-11,15H2,3H3,(H,41,42,43)(H2,29,30,31,32,33). The molecule has 0 radical (unpaired) electrons. The van der Waals surface area contributed by atoms with Crippen molar-refractivity contribution in [2.45, 2.75) is 16.7 Å². The van der Waals surface area contributed by atoms with Crippen LogP contribution in [0.3, 0.4) is 0 Å². The fraction of sp³-hybridized carbons (Fsp3) is 0.148. The number of sulfone groups is 2. The molecule has 0 saturated carbocycles. The molecule has 4 rings (SSSR count). The van der Waals surface area contributed by atoms with Crippen LogP contribution in [0.15, 0.2) is 86.5 Å². The first-order valence-corrected chi connectivity index (χ1v) is 18.1. The average molecular weight is 724 g/mol. The summed E-state index contributed by atoms with van der Waals surface area (Å²) >= 11 is 6.07. The summed E-state index contributed by atoms with van der Waals surface area (Å²) in [7, 11) is -12.1. The minimum Gasteiger partial charge on any atom is -0.505 e. The van der Waals surface area contributed by atoms with Gasteiger partial charge in [-0.3, -0.25) is 4.55 Å². The third-order valence-corrected chi connectivity index (χ3v) is 9.82. The van der Waals surface area contributed by atoms with Crippen molar-refractivity contribution < 1.29 is 39.6 Å². The van der Waals surface area contributed by atoms with E-state index in [2.05, 4.69) is 49.0 Å². The first-order valence-electron chi connectivity index (χ1n) is 13.1. The second-order valence-electron chi connectivity index (χ2n) is 9.50. The van der Waals surface area contributed by atoms with Crippen molar-refractivity contribution in [3.63, 3.8) is 0 Å². The maximum absolute atomic E-state index is 12.3. The van der Waals surface area contributed by atoms with E-state index in [1.165, 1.54) is 24.3 Å². The summed E-state index contributed by atoms with van der Waals surface area (Å²) in [4.78, 5) is 11.3. The third-order valence-electron chi connectivity index (χ3n) is 6.18. The summed E-state index contributed by atoms with van der Waals surface area (Å²) in [6.45, 7) is 7.86. The van der Waals surface area contributed by atoms with Crippen LogP contribution in [0.4, 0.5) is 29.0 Å². The van der Waals surface area contributed by atoms with Crippen LogP contribution >= 0.6 is 11.6 Å². The molecule has 0 atom stereocenters. The summed E-state index contributed by atoms with van der Waals surface area (Å²) in [6.07, 6.45) is 0. The highest BCUT2D eigenvalue weighted by Gasteiger charge is 2.24. The molecule has 0 amide bonds. The fourth-order valence-corrected chi connectivity index (χ4v) is 6.03. The van der Waals surface area contributed by atoms with Gasteiger partial charge in [0, 0.05) is 16.2 Å². The van der Waals surface area contributed by atoms with E-state index in [1.807, 2.05) is 0 Å². The number of phenols is 1. The van der Waals surface area contributed by atoms with Gasteiger partial charge in [-0.2, -0.15) is 28.5 Å². The number of nitrogens with zero attached hydrogens (tertiary/aromatic N) is 5. The number of aryl methyl sites for hydroxylation is 1. The summed E-state index contributed by atoms with van der Waals surface area (Å²) < 4.78 is 86.9. The van der Waals surface area contributed by atoms with E-state index < -0.39 is 46.1 Å². The molecule has 0 bridgehead atoms. The summed E-state index contributed by atoms with van der Waals surface area (Å²) in [5.41, 5.74) is 0.267. The van der Waals surface area contributed by atoms with Crippen molar-refractivity contribution in [2.75, 3.05) is 29.7 Å². The number of anilines is 3. The molecule has 47 heavy (non-hydrogen) atoms. The summed E-state index contributed by atoms with van der Waals surface area (Å²) in [5.74, 6) is -1.12. The lowest BCUT2D eigenvalue weighted by molar-refractivity contribution is 0.168. The molecule has 0 fully saturated rings. The number of nitrogens with one attached hydrogen (secondary N) is 2. The van der Waals surface area contributed by atoms with Gasteiger partial charge < -0.3 is 20.5 Å². The molecule has 0 unspecified atom stereocenters. The smallest absolute Gasteiger partial charge is 0.296 e. The van der Waals surface area contributed by atoms with Gasteiger partial charge in [-0.25, -0.2) is 16.8 Å². The lowest BCUT2D eigenvalue weighted by Gasteiger charge is -2.15. The summed E-state index contributed by atoms with van der Waals surface area (Å²) in [5, 5.41) is 26.3. The van der Waals surface area contributed by atoms with Crippen molar-refractivity contribution in [1.29, 1.82) is 0 Å². The van der Waals surface area contributed by atoms with Crippen molar-refractivity contribution in [1.82, 2.24) is 15.0 Å². The SMILES string of the molecule is C=CS(=O)(=O)CCOCNc1nc(Cl)nc(Nc2cc(C)cc3cc(S(=O)(=O)O)c(N=Nc4ccc(S(=O)(=O)C=C)cc4)c(O)c23)n1. The number of aromatic nitrogens is 3. The van der Waals surface area contributed by atoms with Crippen molar-refractivity contribution in [2.24, 2.45) is 10.2 Å². The second-order valence-corrected chi connectivity index (χ2v) is 15.2. The predicted molar refractivity (Wildman–Crippen MR) is 175 cm³/mol. The molecule has 1 heterocycles. The number of azo groups is 1. The Bertz CT molecular complexity index is 2230. The van der Waals surface area contributed by atoms with Gasteiger partial charge in [0.05, 0.1) is 28.6 Å². The first kappa shape index (κ1) is 35.3. The topological polar surface area (TPSA) is 240 Å². The number of hydrogen-bond acceptors (Lipinski definition) is 15. The molecule has 20 heteroatoms. The van der Waals surface area contributed by atoms with Crippen LogP contribution in [0.25, 0.3) is 10.8 Å². The van der Waals surface area contributed by atoms with Gasteiger partial charge in [0.2, 0.25) is 17.2 Å². The van der Waals surface area contributed by atoms with Gasteiger partial charge in [-0.1, -0.05) is 19.2 Å². The van der Waals surface area contributed by atoms with E-state index in [9.17, 15) is 34.9 Å². The van der Waals surface area contributed by atoms with E-state index in [1.54, 1.807) is 19.1 Å². The van der Waals surface area contributed by atoms with Crippen molar-refractivity contribution in [3.05, 3.63) is 77.3 Å². The molecule has 248 valence electrons. The maximum Gasteiger partial charge on any atom is 0.296 e. The van der Waals surface area contributed by atoms with Crippen LogP contribution in [0.5, 0.6) is 5.75 Å². The van der Waals surface area contributed by atoms with Crippen LogP contribution < -0.4 is 10.6 Å². The lowest BCUT2D eigenvalue weighted by atomic mass is 10.0. The lowest BCUT2D eigenvalue weighted by Crippen LogP contribution is -2.15. The van der Waals surface area contributed by atoms with Crippen LogP contribution in [0.2, 0.25) is 5.28 Å². The van der Waals surface area contributed by atoms with E-state index in [0.29, 0.717) is 5.56 Å². The van der Waals surface area contributed by atoms with E-state index in [4.69, 9.17) is 16.3 Å². The molecule has 0 aliphatic rings. The maximum atomic E-state index is 12.3. The normalized spacial score (nSPS) is 12.3. The highest BCUT2D eigenvalue weighted by Crippen LogP contribution is 2.45. The van der Waals surface area contributed by atoms with Crippen LogP contribution in [0, 0.1) is 6.92 Å². The number of rotatable bonds is 14. The van der Waals surface area contributed by atoms with E-state index >= 15 is 0 Å². The second kappa shape index (κ2) is 14.1. The molecular weight excluding hydrogens is 698 g/mol. The van der Waals surface area contributed by atoms with E-state index in [0.717, 1.165) is 16.9 Å². The Morgan fingerprint density at radius 1 is 0.957 bits per heavy atom. The predicted octanol–water partition coefficient (Wildman–Crippen LogP) is 4.96. The fourth-order valence-electron chi connectivity index (χ4n) is 3.99. The summed E-state index contributed by atoms with van der Waals surface area (Å²) in [6, 6.07) is 9.30. The molecule has 4 aromatic rings. The molecular formula is C27H26ClN7O9S3. The Balaban J connectivity index is 1.71. The van der Waals surface area contributed by atoms with Gasteiger partial charge in [-0.05, 0) is 65.9 Å². The largest absolute Gasteiger partial charge is 0.505 e. The van der Waals surface area contributed by atoms with Gasteiger partial charge in [0.25, 0.3) is 10.1 Å². The Kier molecular flexibility index (Phi) is 10.6.